The largest absolute Gasteiger partial charge is 0.391 e. The molecule has 0 aliphatic heterocycles. The van der Waals surface area contributed by atoms with E-state index in [1.54, 1.807) is 0 Å². The van der Waals surface area contributed by atoms with Crippen LogP contribution in [0.4, 0.5) is 5.69 Å². The Morgan fingerprint density at radius 3 is 2.10 bits per heavy atom. The van der Waals surface area contributed by atoms with Crippen LogP contribution in [-0.2, 0) is 16.4 Å². The Morgan fingerprint density at radius 1 is 1.00 bits per heavy atom. The van der Waals surface area contributed by atoms with Crippen molar-refractivity contribution in [1.82, 2.24) is 4.31 Å². The Hall–Kier alpha value is -2.29. The van der Waals surface area contributed by atoms with Gasteiger partial charge in [-0.1, -0.05) is 51.1 Å². The van der Waals surface area contributed by atoms with E-state index in [0.29, 0.717) is 6.42 Å². The molecule has 0 fully saturated rings. The third kappa shape index (κ3) is 6.35. The Kier molecular flexibility index (Phi) is 7.89. The van der Waals surface area contributed by atoms with Gasteiger partial charge in [0.05, 0.1) is 15.9 Å². The average molecular weight is 421 g/mol. The van der Waals surface area contributed by atoms with Crippen LogP contribution < -0.4 is 0 Å². The van der Waals surface area contributed by atoms with E-state index in [-0.39, 0.29) is 35.5 Å². The molecule has 2 rings (SSSR count). The number of nitro groups is 1. The van der Waals surface area contributed by atoms with Crippen molar-refractivity contribution in [3.63, 3.8) is 0 Å². The van der Waals surface area contributed by atoms with E-state index in [2.05, 4.69) is 0 Å². The van der Waals surface area contributed by atoms with Gasteiger partial charge in [-0.25, -0.2) is 8.42 Å². The van der Waals surface area contributed by atoms with E-state index in [0.717, 1.165) is 5.56 Å². The van der Waals surface area contributed by atoms with Gasteiger partial charge in [-0.3, -0.25) is 10.1 Å². The molecule has 2 atom stereocenters. The molecular weight excluding hydrogens is 392 g/mol. The highest BCUT2D eigenvalue weighted by atomic mass is 32.2. The average Bonchev–Trinajstić information content (AvgIpc) is 2.67. The number of hydrogen-bond acceptors (Lipinski definition) is 5. The highest BCUT2D eigenvalue weighted by Gasteiger charge is 2.29. The van der Waals surface area contributed by atoms with Gasteiger partial charge in [0.1, 0.15) is 0 Å². The SMILES string of the molecule is CC(C)CN(CC(O)[C@@H](C)Cc1ccccc1)S(=O)(=O)c1ccc([N+](=O)[O-])cc1. The zero-order valence-corrected chi connectivity index (χ0v) is 17.7. The first-order valence-corrected chi connectivity index (χ1v) is 11.0. The molecule has 1 unspecified atom stereocenters. The summed E-state index contributed by atoms with van der Waals surface area (Å²) in [6, 6.07) is 14.6. The zero-order valence-electron chi connectivity index (χ0n) is 16.9. The van der Waals surface area contributed by atoms with E-state index in [9.17, 15) is 23.6 Å². The number of nitro benzene ring substituents is 1. The molecular formula is C21H28N2O5S. The van der Waals surface area contributed by atoms with Crippen molar-refractivity contribution in [3.05, 3.63) is 70.3 Å². The first kappa shape index (κ1) is 23.0. The van der Waals surface area contributed by atoms with Crippen LogP contribution in [0.1, 0.15) is 26.3 Å². The molecule has 0 spiro atoms. The summed E-state index contributed by atoms with van der Waals surface area (Å²) in [6.45, 7) is 5.90. The molecule has 0 aliphatic carbocycles. The molecule has 0 radical (unpaired) electrons. The van der Waals surface area contributed by atoms with Gasteiger partial charge in [0.2, 0.25) is 10.0 Å². The van der Waals surface area contributed by atoms with Gasteiger partial charge in [0.15, 0.2) is 0 Å². The smallest absolute Gasteiger partial charge is 0.269 e. The molecule has 0 aliphatic rings. The Morgan fingerprint density at radius 2 is 1.59 bits per heavy atom. The molecule has 8 heteroatoms. The topological polar surface area (TPSA) is 101 Å². The van der Waals surface area contributed by atoms with E-state index >= 15 is 0 Å². The molecule has 0 saturated carbocycles. The molecule has 158 valence electrons. The zero-order chi connectivity index (χ0) is 21.6. The monoisotopic (exact) mass is 420 g/mol. The molecule has 7 nitrogen and oxygen atoms in total. The maximum atomic E-state index is 13.1. The molecule has 1 N–H and O–H groups in total. The fourth-order valence-corrected chi connectivity index (χ4v) is 4.70. The number of benzene rings is 2. The summed E-state index contributed by atoms with van der Waals surface area (Å²) >= 11 is 0. The molecule has 0 aromatic heterocycles. The second-order valence-corrected chi connectivity index (χ2v) is 9.64. The first-order chi connectivity index (χ1) is 13.6. The van der Waals surface area contributed by atoms with Gasteiger partial charge in [-0.15, -0.1) is 0 Å². The van der Waals surface area contributed by atoms with E-state index in [1.165, 1.54) is 28.6 Å². The van der Waals surface area contributed by atoms with Crippen molar-refractivity contribution in [2.24, 2.45) is 11.8 Å². The van der Waals surface area contributed by atoms with Gasteiger partial charge in [-0.05, 0) is 36.0 Å². The third-order valence-corrected chi connectivity index (χ3v) is 6.55. The minimum absolute atomic E-state index is 0.0216. The minimum Gasteiger partial charge on any atom is -0.391 e. The molecule has 29 heavy (non-hydrogen) atoms. The van der Waals surface area contributed by atoms with Crippen LogP contribution in [0.3, 0.4) is 0 Å². The fourth-order valence-electron chi connectivity index (χ4n) is 3.08. The number of sulfonamides is 1. The van der Waals surface area contributed by atoms with Gasteiger partial charge in [-0.2, -0.15) is 4.31 Å². The van der Waals surface area contributed by atoms with Gasteiger partial charge >= 0.3 is 0 Å². The lowest BCUT2D eigenvalue weighted by Gasteiger charge is -2.28. The van der Waals surface area contributed by atoms with Crippen molar-refractivity contribution in [2.75, 3.05) is 13.1 Å². The Balaban J connectivity index is 2.19. The maximum absolute atomic E-state index is 13.1. The molecule has 0 heterocycles. The van der Waals surface area contributed by atoms with Crippen LogP contribution in [0.2, 0.25) is 0 Å². The van der Waals surface area contributed by atoms with Crippen LogP contribution >= 0.6 is 0 Å². The number of rotatable bonds is 10. The second-order valence-electron chi connectivity index (χ2n) is 7.70. The van der Waals surface area contributed by atoms with Crippen LogP contribution in [0, 0.1) is 22.0 Å². The van der Waals surface area contributed by atoms with Crippen molar-refractivity contribution in [1.29, 1.82) is 0 Å². The second kappa shape index (κ2) is 9.96. The van der Waals surface area contributed by atoms with Crippen LogP contribution in [-0.4, -0.2) is 41.9 Å². The normalized spacial score (nSPS) is 14.1. The summed E-state index contributed by atoms with van der Waals surface area (Å²) in [5, 5.41) is 21.5. The minimum atomic E-state index is -3.89. The highest BCUT2D eigenvalue weighted by molar-refractivity contribution is 7.89. The predicted octanol–water partition coefficient (Wildman–Crippen LogP) is 3.48. The molecule has 2 aromatic rings. The van der Waals surface area contributed by atoms with Crippen LogP contribution in [0.5, 0.6) is 0 Å². The summed E-state index contributed by atoms with van der Waals surface area (Å²) in [7, 11) is -3.89. The van der Waals surface area contributed by atoms with Crippen molar-refractivity contribution < 1.29 is 18.4 Å². The number of non-ortho nitro benzene ring substituents is 1. The van der Waals surface area contributed by atoms with E-state index in [4.69, 9.17) is 0 Å². The number of nitrogens with zero attached hydrogens (tertiary/aromatic N) is 2. The summed E-state index contributed by atoms with van der Waals surface area (Å²) in [6.07, 6.45) is -0.212. The predicted molar refractivity (Wildman–Crippen MR) is 112 cm³/mol. The van der Waals surface area contributed by atoms with Crippen LogP contribution in [0.15, 0.2) is 59.5 Å². The summed E-state index contributed by atoms with van der Waals surface area (Å²) in [5.41, 5.74) is 0.906. The van der Waals surface area contributed by atoms with Gasteiger partial charge in [0, 0.05) is 25.2 Å². The maximum Gasteiger partial charge on any atom is 0.269 e. The summed E-state index contributed by atoms with van der Waals surface area (Å²) < 4.78 is 27.5. The van der Waals surface area contributed by atoms with E-state index < -0.39 is 21.1 Å². The van der Waals surface area contributed by atoms with Crippen LogP contribution in [0.25, 0.3) is 0 Å². The standard InChI is InChI=1S/C21H28N2O5S/c1-16(2)14-22(15-21(24)17(3)13-18-7-5-4-6-8-18)29(27,28)20-11-9-19(10-12-20)23(25)26/h4-12,16-17,21,24H,13-15H2,1-3H3/t17-,21?/m0/s1. The summed E-state index contributed by atoms with van der Waals surface area (Å²) in [4.78, 5) is 10.2. The number of aliphatic hydroxyl groups excluding tert-OH is 1. The lowest BCUT2D eigenvalue weighted by molar-refractivity contribution is -0.384. The first-order valence-electron chi connectivity index (χ1n) is 9.58. The molecule has 2 aromatic carbocycles. The molecule has 0 saturated heterocycles. The fraction of sp³-hybridized carbons (Fsp3) is 0.429. The van der Waals surface area contributed by atoms with Gasteiger partial charge in [0.25, 0.3) is 5.69 Å². The summed E-state index contributed by atoms with van der Waals surface area (Å²) in [5.74, 6) is -0.0847. The lowest BCUT2D eigenvalue weighted by Crippen LogP contribution is -2.42. The number of hydrogen-bond donors (Lipinski definition) is 1. The highest BCUT2D eigenvalue weighted by Crippen LogP contribution is 2.22. The Bertz CT molecular complexity index is 898. The van der Waals surface area contributed by atoms with Gasteiger partial charge < -0.3 is 5.11 Å². The van der Waals surface area contributed by atoms with E-state index in [1.807, 2.05) is 51.1 Å². The van der Waals surface area contributed by atoms with Crippen molar-refractivity contribution in [3.8, 4) is 0 Å². The quantitative estimate of drug-likeness (QED) is 0.468. The van der Waals surface area contributed by atoms with Crippen molar-refractivity contribution >= 4 is 15.7 Å². The molecule has 0 bridgehead atoms. The Labute approximate surface area is 172 Å². The lowest BCUT2D eigenvalue weighted by atomic mass is 9.96. The molecule has 0 amide bonds. The number of aliphatic hydroxyl groups is 1. The van der Waals surface area contributed by atoms with Crippen molar-refractivity contribution in [2.45, 2.75) is 38.2 Å². The third-order valence-electron chi connectivity index (χ3n) is 4.70.